The molecule has 0 bridgehead atoms. The highest BCUT2D eigenvalue weighted by Crippen LogP contribution is 2.57. The van der Waals surface area contributed by atoms with E-state index in [1.54, 1.807) is 32.3 Å². The van der Waals surface area contributed by atoms with Gasteiger partial charge in [-0.2, -0.15) is 0 Å². The van der Waals surface area contributed by atoms with E-state index in [9.17, 15) is 4.57 Å². The van der Waals surface area contributed by atoms with Crippen LogP contribution in [-0.2, 0) is 13.6 Å². The molecule has 0 saturated heterocycles. The maximum Gasteiger partial charge on any atom is 0.379 e. The van der Waals surface area contributed by atoms with Gasteiger partial charge in [0.05, 0.1) is 25.1 Å². The van der Waals surface area contributed by atoms with Crippen LogP contribution in [0, 0.1) is 6.92 Å². The molecular formula is C19H23N2O3P. The number of pyridine rings is 1. The maximum absolute atomic E-state index is 13.2. The Labute approximate surface area is 149 Å². The van der Waals surface area contributed by atoms with Crippen LogP contribution in [0.2, 0.25) is 0 Å². The lowest BCUT2D eigenvalue weighted by molar-refractivity contribution is 0.226. The first kappa shape index (κ1) is 19.3. The van der Waals surface area contributed by atoms with Gasteiger partial charge in [0.2, 0.25) is 0 Å². The van der Waals surface area contributed by atoms with E-state index in [0.717, 1.165) is 11.1 Å². The fourth-order valence-electron chi connectivity index (χ4n) is 2.09. The van der Waals surface area contributed by atoms with Crippen molar-refractivity contribution in [3.8, 4) is 0 Å². The molecule has 0 N–H and O–H groups in total. The molecule has 0 radical (unpaired) electrons. The summed E-state index contributed by atoms with van der Waals surface area (Å²) in [5.74, 6) is 0. The monoisotopic (exact) mass is 358 g/mol. The van der Waals surface area contributed by atoms with Crippen LogP contribution in [-0.4, -0.2) is 24.4 Å². The van der Waals surface area contributed by atoms with Crippen LogP contribution in [0.4, 0.5) is 0 Å². The Kier molecular flexibility index (Phi) is 7.26. The Hall–Kier alpha value is -2.07. The van der Waals surface area contributed by atoms with Crippen molar-refractivity contribution in [3.63, 3.8) is 0 Å². The molecule has 6 heteroatoms. The minimum atomic E-state index is -3.51. The summed E-state index contributed by atoms with van der Waals surface area (Å²) in [6, 6.07) is 13.4. The highest BCUT2D eigenvalue weighted by atomic mass is 31.2. The topological polar surface area (TPSA) is 60.8 Å². The Morgan fingerprint density at radius 1 is 1.12 bits per heavy atom. The number of hydrogen-bond donors (Lipinski definition) is 0. The summed E-state index contributed by atoms with van der Waals surface area (Å²) in [6.45, 7) is 6.09. The Bertz CT molecular complexity index is 761. The molecular weight excluding hydrogens is 335 g/mol. The van der Waals surface area contributed by atoms with Gasteiger partial charge in [0.25, 0.3) is 0 Å². The molecule has 1 heterocycles. The molecule has 0 unspecified atom stereocenters. The van der Waals surface area contributed by atoms with Gasteiger partial charge in [-0.1, -0.05) is 35.9 Å². The summed E-state index contributed by atoms with van der Waals surface area (Å²) in [5, 5.41) is 0. The van der Waals surface area contributed by atoms with Crippen molar-refractivity contribution in [1.82, 2.24) is 4.98 Å². The summed E-state index contributed by atoms with van der Waals surface area (Å²) in [4.78, 5) is 8.58. The van der Waals surface area contributed by atoms with E-state index in [1.165, 1.54) is 0 Å². The summed E-state index contributed by atoms with van der Waals surface area (Å²) >= 11 is 0. The zero-order valence-corrected chi connectivity index (χ0v) is 15.6. The van der Waals surface area contributed by atoms with E-state index in [0.29, 0.717) is 5.69 Å². The maximum atomic E-state index is 13.2. The van der Waals surface area contributed by atoms with Crippen molar-refractivity contribution in [1.29, 1.82) is 0 Å². The number of hydrogen-bond acceptors (Lipinski definition) is 5. The van der Waals surface area contributed by atoms with Gasteiger partial charge in [-0.3, -0.25) is 9.55 Å². The van der Waals surface area contributed by atoms with Crippen LogP contribution in [0.1, 0.15) is 30.7 Å². The van der Waals surface area contributed by atoms with E-state index >= 15 is 0 Å². The lowest BCUT2D eigenvalue weighted by Gasteiger charge is -2.17. The molecule has 2 aromatic rings. The lowest BCUT2D eigenvalue weighted by Crippen LogP contribution is -1.98. The highest BCUT2D eigenvalue weighted by molar-refractivity contribution is 7.58. The zero-order valence-electron chi connectivity index (χ0n) is 14.8. The molecule has 0 saturated carbocycles. The van der Waals surface area contributed by atoms with E-state index in [-0.39, 0.29) is 18.7 Å². The SMILES string of the molecule is CCOP(=O)(OCC)C(=C/c1ccc(C)cc1)/N=C/c1ccccn1. The van der Waals surface area contributed by atoms with Crippen LogP contribution in [0.25, 0.3) is 6.08 Å². The summed E-state index contributed by atoms with van der Waals surface area (Å²) in [6.07, 6.45) is 4.96. The van der Waals surface area contributed by atoms with Crippen LogP contribution in [0.3, 0.4) is 0 Å². The molecule has 5 nitrogen and oxygen atoms in total. The molecule has 132 valence electrons. The third-order valence-electron chi connectivity index (χ3n) is 3.27. The summed E-state index contributed by atoms with van der Waals surface area (Å²) in [7, 11) is -3.51. The molecule has 25 heavy (non-hydrogen) atoms. The van der Waals surface area contributed by atoms with Gasteiger partial charge in [0.1, 0.15) is 0 Å². The minimum Gasteiger partial charge on any atom is -0.304 e. The fraction of sp³-hybridized carbons (Fsp3) is 0.263. The number of rotatable bonds is 8. The Balaban J connectivity index is 2.44. The third kappa shape index (κ3) is 5.75. The smallest absolute Gasteiger partial charge is 0.304 e. The van der Waals surface area contributed by atoms with Crippen molar-refractivity contribution in [2.24, 2.45) is 4.99 Å². The molecule has 2 rings (SSSR count). The summed E-state index contributed by atoms with van der Waals surface area (Å²) in [5.41, 5.74) is 2.94. The summed E-state index contributed by atoms with van der Waals surface area (Å²) < 4.78 is 24.1. The van der Waals surface area contributed by atoms with E-state index in [4.69, 9.17) is 9.05 Å². The largest absolute Gasteiger partial charge is 0.379 e. The quantitative estimate of drug-likeness (QED) is 0.488. The average Bonchev–Trinajstić information content (AvgIpc) is 2.61. The van der Waals surface area contributed by atoms with Gasteiger partial charge in [-0.25, -0.2) is 4.99 Å². The standard InChI is InChI=1S/C19H23N2O3P/c1-4-23-25(22,24-5-2)19(14-17-11-9-16(3)10-12-17)21-15-18-8-6-7-13-20-18/h6-15H,4-5H2,1-3H3/b19-14+,21-15+. The van der Waals surface area contributed by atoms with Gasteiger partial charge in [0, 0.05) is 6.20 Å². The normalized spacial score (nSPS) is 12.7. The predicted octanol–water partition coefficient (Wildman–Crippen LogP) is 5.07. The van der Waals surface area contributed by atoms with Crippen molar-refractivity contribution < 1.29 is 13.6 Å². The Morgan fingerprint density at radius 3 is 2.36 bits per heavy atom. The zero-order chi connectivity index (χ0) is 18.1. The van der Waals surface area contributed by atoms with Gasteiger partial charge >= 0.3 is 7.60 Å². The van der Waals surface area contributed by atoms with Crippen LogP contribution in [0.15, 0.2) is 59.1 Å². The predicted molar refractivity (Wildman–Crippen MR) is 102 cm³/mol. The number of nitrogens with zero attached hydrogens (tertiary/aromatic N) is 2. The molecule has 1 aromatic carbocycles. The molecule has 0 aliphatic carbocycles. The average molecular weight is 358 g/mol. The van der Waals surface area contributed by atoms with Crippen LogP contribution >= 0.6 is 7.60 Å². The van der Waals surface area contributed by atoms with Crippen molar-refractivity contribution in [2.45, 2.75) is 20.8 Å². The minimum absolute atomic E-state index is 0.255. The molecule has 0 fully saturated rings. The molecule has 0 amide bonds. The third-order valence-corrected chi connectivity index (χ3v) is 5.27. The van der Waals surface area contributed by atoms with Crippen LogP contribution < -0.4 is 0 Å². The van der Waals surface area contributed by atoms with Gasteiger partial charge in [-0.05, 0) is 44.5 Å². The van der Waals surface area contributed by atoms with Gasteiger partial charge in [-0.15, -0.1) is 0 Å². The molecule has 1 aromatic heterocycles. The number of aryl methyl sites for hydroxylation is 1. The van der Waals surface area contributed by atoms with Crippen molar-refractivity contribution in [2.75, 3.05) is 13.2 Å². The number of benzene rings is 1. The van der Waals surface area contributed by atoms with Crippen molar-refractivity contribution >= 4 is 19.9 Å². The second kappa shape index (κ2) is 9.42. The first-order valence-corrected chi connectivity index (χ1v) is 9.75. The molecule has 0 atom stereocenters. The van der Waals surface area contributed by atoms with E-state index < -0.39 is 7.60 Å². The highest BCUT2D eigenvalue weighted by Gasteiger charge is 2.29. The first-order chi connectivity index (χ1) is 12.1. The van der Waals surface area contributed by atoms with E-state index in [2.05, 4.69) is 9.98 Å². The second-order valence-electron chi connectivity index (χ2n) is 5.26. The van der Waals surface area contributed by atoms with Gasteiger partial charge in [0.15, 0.2) is 5.44 Å². The fourth-order valence-corrected chi connectivity index (χ4v) is 3.62. The van der Waals surface area contributed by atoms with Crippen LogP contribution in [0.5, 0.6) is 0 Å². The number of aromatic nitrogens is 1. The lowest BCUT2D eigenvalue weighted by atomic mass is 10.1. The Morgan fingerprint density at radius 2 is 1.80 bits per heavy atom. The van der Waals surface area contributed by atoms with E-state index in [1.807, 2.05) is 49.4 Å². The molecule has 0 spiro atoms. The molecule has 0 aliphatic rings. The second-order valence-corrected chi connectivity index (χ2v) is 7.23. The first-order valence-electron chi connectivity index (χ1n) is 8.20. The number of aliphatic imine (C=N–C) groups is 1. The molecule has 0 aliphatic heterocycles. The van der Waals surface area contributed by atoms with Crippen molar-refractivity contribution in [3.05, 3.63) is 70.9 Å². The van der Waals surface area contributed by atoms with Gasteiger partial charge < -0.3 is 9.05 Å².